The standard InChI is InChI=1S/C15H17FN2S/c1-10(15-17-6-7-19-15)18-9-13-5-4-12(8-14(13)16)11-2-3-11/h4-8,10-11,18H,2-3,9H2,1H3. The number of benzene rings is 1. The smallest absolute Gasteiger partial charge is 0.127 e. The summed E-state index contributed by atoms with van der Waals surface area (Å²) in [5.74, 6) is 0.508. The summed E-state index contributed by atoms with van der Waals surface area (Å²) in [6.45, 7) is 2.59. The first-order chi connectivity index (χ1) is 9.24. The molecule has 0 saturated heterocycles. The van der Waals surface area contributed by atoms with E-state index in [-0.39, 0.29) is 11.9 Å². The average Bonchev–Trinajstić information content (AvgIpc) is 3.11. The molecule has 0 bridgehead atoms. The van der Waals surface area contributed by atoms with Gasteiger partial charge in [-0.2, -0.15) is 0 Å². The summed E-state index contributed by atoms with van der Waals surface area (Å²) in [6.07, 6.45) is 4.21. The van der Waals surface area contributed by atoms with Gasteiger partial charge in [-0.05, 0) is 37.3 Å². The zero-order chi connectivity index (χ0) is 13.2. The van der Waals surface area contributed by atoms with E-state index in [9.17, 15) is 4.39 Å². The molecule has 2 aromatic rings. The van der Waals surface area contributed by atoms with Crippen molar-refractivity contribution in [1.82, 2.24) is 10.3 Å². The van der Waals surface area contributed by atoms with Crippen LogP contribution in [-0.2, 0) is 6.54 Å². The highest BCUT2D eigenvalue weighted by Gasteiger charge is 2.24. The van der Waals surface area contributed by atoms with E-state index in [1.54, 1.807) is 23.6 Å². The van der Waals surface area contributed by atoms with Gasteiger partial charge in [0.05, 0.1) is 6.04 Å². The zero-order valence-corrected chi connectivity index (χ0v) is 11.7. The molecule has 1 unspecified atom stereocenters. The molecule has 1 aliphatic rings. The topological polar surface area (TPSA) is 24.9 Å². The second kappa shape index (κ2) is 5.39. The highest BCUT2D eigenvalue weighted by Crippen LogP contribution is 2.40. The molecule has 0 radical (unpaired) electrons. The lowest BCUT2D eigenvalue weighted by atomic mass is 10.1. The Labute approximate surface area is 116 Å². The van der Waals surface area contributed by atoms with Crippen LogP contribution in [0.5, 0.6) is 0 Å². The van der Waals surface area contributed by atoms with Crippen molar-refractivity contribution in [2.24, 2.45) is 0 Å². The summed E-state index contributed by atoms with van der Waals surface area (Å²) < 4.78 is 14.0. The van der Waals surface area contributed by atoms with Crippen molar-refractivity contribution in [3.8, 4) is 0 Å². The van der Waals surface area contributed by atoms with Crippen molar-refractivity contribution >= 4 is 11.3 Å². The number of thiazole rings is 1. The molecule has 3 rings (SSSR count). The predicted molar refractivity (Wildman–Crippen MR) is 75.7 cm³/mol. The van der Waals surface area contributed by atoms with E-state index in [2.05, 4.69) is 23.3 Å². The van der Waals surface area contributed by atoms with Crippen molar-refractivity contribution in [3.63, 3.8) is 0 Å². The monoisotopic (exact) mass is 276 g/mol. The van der Waals surface area contributed by atoms with Crippen LogP contribution in [-0.4, -0.2) is 4.98 Å². The first kappa shape index (κ1) is 12.8. The van der Waals surface area contributed by atoms with Gasteiger partial charge < -0.3 is 5.32 Å². The third kappa shape index (κ3) is 3.01. The lowest BCUT2D eigenvalue weighted by Gasteiger charge is -2.12. The molecule has 1 fully saturated rings. The van der Waals surface area contributed by atoms with Crippen LogP contribution in [0.4, 0.5) is 4.39 Å². The number of rotatable bonds is 5. The maximum atomic E-state index is 14.0. The zero-order valence-electron chi connectivity index (χ0n) is 10.9. The number of nitrogens with zero attached hydrogens (tertiary/aromatic N) is 1. The van der Waals surface area contributed by atoms with Gasteiger partial charge in [0.15, 0.2) is 0 Å². The molecule has 0 amide bonds. The number of halogens is 1. The Morgan fingerprint density at radius 3 is 2.95 bits per heavy atom. The third-order valence-corrected chi connectivity index (χ3v) is 4.50. The quantitative estimate of drug-likeness (QED) is 0.892. The number of hydrogen-bond acceptors (Lipinski definition) is 3. The molecule has 0 aliphatic heterocycles. The first-order valence-electron chi connectivity index (χ1n) is 6.65. The van der Waals surface area contributed by atoms with Crippen LogP contribution in [0.25, 0.3) is 0 Å². The summed E-state index contributed by atoms with van der Waals surface area (Å²) in [5.41, 5.74) is 1.88. The van der Waals surface area contributed by atoms with Gasteiger partial charge in [-0.1, -0.05) is 12.1 Å². The fourth-order valence-electron chi connectivity index (χ4n) is 2.18. The van der Waals surface area contributed by atoms with Crippen molar-refractivity contribution in [3.05, 3.63) is 51.7 Å². The van der Waals surface area contributed by atoms with E-state index < -0.39 is 0 Å². The molecular formula is C15H17FN2S. The Balaban J connectivity index is 1.63. The second-order valence-corrected chi connectivity index (χ2v) is 6.02. The minimum atomic E-state index is -0.0942. The summed E-state index contributed by atoms with van der Waals surface area (Å²) in [4.78, 5) is 4.26. The highest BCUT2D eigenvalue weighted by molar-refractivity contribution is 7.09. The normalized spacial score (nSPS) is 16.5. The molecule has 1 aromatic carbocycles. The van der Waals surface area contributed by atoms with Crippen molar-refractivity contribution in [1.29, 1.82) is 0 Å². The van der Waals surface area contributed by atoms with Crippen LogP contribution < -0.4 is 5.32 Å². The largest absolute Gasteiger partial charge is 0.304 e. The Morgan fingerprint density at radius 2 is 2.32 bits per heavy atom. The molecule has 1 heterocycles. The van der Waals surface area contributed by atoms with E-state index in [1.165, 1.54) is 12.8 Å². The summed E-state index contributed by atoms with van der Waals surface area (Å²) in [6, 6.07) is 5.82. The fraction of sp³-hybridized carbons (Fsp3) is 0.400. The number of hydrogen-bond donors (Lipinski definition) is 1. The molecular weight excluding hydrogens is 259 g/mol. The van der Waals surface area contributed by atoms with Gasteiger partial charge in [0.2, 0.25) is 0 Å². The van der Waals surface area contributed by atoms with Crippen LogP contribution in [0, 0.1) is 5.82 Å². The number of nitrogens with one attached hydrogen (secondary N) is 1. The molecule has 1 saturated carbocycles. The summed E-state index contributed by atoms with van der Waals surface area (Å²) in [7, 11) is 0. The van der Waals surface area contributed by atoms with Gasteiger partial charge in [-0.25, -0.2) is 9.37 Å². The van der Waals surface area contributed by atoms with Crippen LogP contribution in [0.2, 0.25) is 0 Å². The lowest BCUT2D eigenvalue weighted by Crippen LogP contribution is -2.18. The summed E-state index contributed by atoms with van der Waals surface area (Å²) >= 11 is 1.62. The van der Waals surface area contributed by atoms with E-state index in [0.717, 1.165) is 16.1 Å². The van der Waals surface area contributed by atoms with Crippen LogP contribution in [0.3, 0.4) is 0 Å². The Kier molecular flexibility index (Phi) is 3.62. The van der Waals surface area contributed by atoms with Crippen LogP contribution in [0.15, 0.2) is 29.8 Å². The Hall–Kier alpha value is -1.26. The molecule has 100 valence electrons. The molecule has 1 aromatic heterocycles. The highest BCUT2D eigenvalue weighted by atomic mass is 32.1. The molecule has 1 N–H and O–H groups in total. The van der Waals surface area contributed by atoms with Gasteiger partial charge in [-0.3, -0.25) is 0 Å². The van der Waals surface area contributed by atoms with Crippen LogP contribution in [0.1, 0.15) is 47.9 Å². The maximum Gasteiger partial charge on any atom is 0.127 e. The minimum absolute atomic E-state index is 0.0942. The summed E-state index contributed by atoms with van der Waals surface area (Å²) in [5, 5.41) is 6.31. The molecule has 1 aliphatic carbocycles. The average molecular weight is 276 g/mol. The van der Waals surface area contributed by atoms with Crippen molar-refractivity contribution in [2.75, 3.05) is 0 Å². The molecule has 2 nitrogen and oxygen atoms in total. The first-order valence-corrected chi connectivity index (χ1v) is 7.53. The second-order valence-electron chi connectivity index (χ2n) is 5.10. The van der Waals surface area contributed by atoms with Gasteiger partial charge >= 0.3 is 0 Å². The third-order valence-electron chi connectivity index (χ3n) is 3.55. The molecule has 4 heteroatoms. The SMILES string of the molecule is CC(NCc1ccc(C2CC2)cc1F)c1nccs1. The van der Waals surface area contributed by atoms with E-state index in [1.807, 2.05) is 11.4 Å². The molecule has 0 spiro atoms. The van der Waals surface area contributed by atoms with Gasteiger partial charge in [-0.15, -0.1) is 11.3 Å². The molecule has 19 heavy (non-hydrogen) atoms. The van der Waals surface area contributed by atoms with E-state index >= 15 is 0 Å². The number of aromatic nitrogens is 1. The van der Waals surface area contributed by atoms with E-state index in [0.29, 0.717) is 12.5 Å². The Morgan fingerprint density at radius 1 is 1.47 bits per heavy atom. The van der Waals surface area contributed by atoms with Gasteiger partial charge in [0, 0.05) is 23.7 Å². The van der Waals surface area contributed by atoms with Gasteiger partial charge in [0.25, 0.3) is 0 Å². The molecule has 1 atom stereocenters. The Bertz CT molecular complexity index is 549. The van der Waals surface area contributed by atoms with E-state index in [4.69, 9.17) is 0 Å². The minimum Gasteiger partial charge on any atom is -0.304 e. The fourth-order valence-corrected chi connectivity index (χ4v) is 2.85. The maximum absolute atomic E-state index is 14.0. The lowest BCUT2D eigenvalue weighted by molar-refractivity contribution is 0.542. The van der Waals surface area contributed by atoms with Crippen molar-refractivity contribution < 1.29 is 4.39 Å². The van der Waals surface area contributed by atoms with Crippen LogP contribution >= 0.6 is 11.3 Å². The van der Waals surface area contributed by atoms with Gasteiger partial charge in [0.1, 0.15) is 10.8 Å². The van der Waals surface area contributed by atoms with Crippen molar-refractivity contribution in [2.45, 2.75) is 38.3 Å². The predicted octanol–water partition coefficient (Wildman–Crippen LogP) is 4.01.